The van der Waals surface area contributed by atoms with E-state index in [4.69, 9.17) is 11.6 Å². The fraction of sp³-hybridized carbons (Fsp3) is 0.364. The predicted octanol–water partition coefficient (Wildman–Crippen LogP) is 2.76. The first-order valence-electron chi connectivity index (χ1n) is 5.24. The zero-order valence-corrected chi connectivity index (χ0v) is 12.5. The lowest BCUT2D eigenvalue weighted by molar-refractivity contribution is 0.0936. The molecule has 0 spiro atoms. The highest BCUT2D eigenvalue weighted by Crippen LogP contribution is 2.25. The topological polar surface area (TPSA) is 41.1 Å². The first-order chi connectivity index (χ1) is 8.08. The first-order valence-corrected chi connectivity index (χ1v) is 6.41. The van der Waals surface area contributed by atoms with E-state index >= 15 is 0 Å². The average Bonchev–Trinajstić information content (AvgIpc) is 2.76. The van der Waals surface area contributed by atoms with Crippen molar-refractivity contribution < 1.29 is 9.18 Å². The molecule has 0 aliphatic carbocycles. The van der Waals surface area contributed by atoms with Gasteiger partial charge in [-0.1, -0.05) is 11.6 Å². The molecule has 2 N–H and O–H groups in total. The molecule has 0 aromatic heterocycles. The Bertz CT molecular complexity index is 453. The van der Waals surface area contributed by atoms with E-state index in [2.05, 4.69) is 26.6 Å². The summed E-state index contributed by atoms with van der Waals surface area (Å²) in [7, 11) is 0. The summed E-state index contributed by atoms with van der Waals surface area (Å²) in [6.45, 7) is 1.60. The normalized spacial score (nSPS) is 18.3. The Morgan fingerprint density at radius 1 is 1.56 bits per heavy atom. The fourth-order valence-corrected chi connectivity index (χ4v) is 2.23. The van der Waals surface area contributed by atoms with Crippen molar-refractivity contribution in [1.82, 2.24) is 10.6 Å². The van der Waals surface area contributed by atoms with Gasteiger partial charge in [0.15, 0.2) is 0 Å². The molecule has 1 amide bonds. The number of hydrogen-bond acceptors (Lipinski definition) is 2. The first kappa shape index (κ1) is 15.7. The summed E-state index contributed by atoms with van der Waals surface area (Å²) in [5, 5.41) is 6.15. The van der Waals surface area contributed by atoms with Crippen molar-refractivity contribution in [3.63, 3.8) is 0 Å². The van der Waals surface area contributed by atoms with Crippen LogP contribution >= 0.6 is 39.9 Å². The van der Waals surface area contributed by atoms with Crippen molar-refractivity contribution in [1.29, 1.82) is 0 Å². The Kier molecular flexibility index (Phi) is 5.85. The monoisotopic (exact) mass is 356 g/mol. The van der Waals surface area contributed by atoms with Gasteiger partial charge in [-0.3, -0.25) is 4.79 Å². The lowest BCUT2D eigenvalue weighted by atomic mass is 10.1. The number of carbonyl (C=O) groups excluding carboxylic acids is 1. The van der Waals surface area contributed by atoms with Crippen molar-refractivity contribution in [2.45, 2.75) is 12.5 Å². The molecule has 0 saturated carbocycles. The van der Waals surface area contributed by atoms with E-state index < -0.39 is 11.7 Å². The molecule has 1 atom stereocenters. The van der Waals surface area contributed by atoms with Crippen LogP contribution in [0.15, 0.2) is 16.6 Å². The Morgan fingerprint density at radius 2 is 2.28 bits per heavy atom. The zero-order valence-electron chi connectivity index (χ0n) is 9.30. The highest BCUT2D eigenvalue weighted by molar-refractivity contribution is 9.10. The second-order valence-corrected chi connectivity index (χ2v) is 5.17. The average molecular weight is 358 g/mol. The van der Waals surface area contributed by atoms with Crippen LogP contribution in [0.3, 0.4) is 0 Å². The highest BCUT2D eigenvalue weighted by Gasteiger charge is 2.20. The molecule has 1 aromatic carbocycles. The maximum Gasteiger partial charge on any atom is 0.254 e. The van der Waals surface area contributed by atoms with Gasteiger partial charge >= 0.3 is 0 Å². The van der Waals surface area contributed by atoms with Gasteiger partial charge in [0.05, 0.1) is 10.6 Å². The number of carbonyl (C=O) groups is 1. The van der Waals surface area contributed by atoms with E-state index in [1.807, 2.05) is 0 Å². The summed E-state index contributed by atoms with van der Waals surface area (Å²) in [5.41, 5.74) is 0.00757. The van der Waals surface area contributed by atoms with Crippen LogP contribution in [-0.2, 0) is 0 Å². The largest absolute Gasteiger partial charge is 0.348 e. The summed E-state index contributed by atoms with van der Waals surface area (Å²) in [5.74, 6) is -1.02. The van der Waals surface area contributed by atoms with Crippen molar-refractivity contribution in [3.05, 3.63) is 33.0 Å². The number of hydrogen-bond donors (Lipinski definition) is 2. The van der Waals surface area contributed by atoms with E-state index in [9.17, 15) is 9.18 Å². The van der Waals surface area contributed by atoms with E-state index in [1.54, 1.807) is 0 Å². The lowest BCUT2D eigenvalue weighted by Crippen LogP contribution is -2.36. The molecular formula is C11H12BrCl2FN2O. The number of rotatable bonds is 2. The minimum Gasteiger partial charge on any atom is -0.348 e. The van der Waals surface area contributed by atoms with Crippen LogP contribution in [0.5, 0.6) is 0 Å². The summed E-state index contributed by atoms with van der Waals surface area (Å²) >= 11 is 8.90. The van der Waals surface area contributed by atoms with Crippen molar-refractivity contribution in [3.8, 4) is 0 Å². The molecule has 1 unspecified atom stereocenters. The van der Waals surface area contributed by atoms with Gasteiger partial charge in [-0.25, -0.2) is 4.39 Å². The van der Waals surface area contributed by atoms with Gasteiger partial charge in [-0.15, -0.1) is 12.4 Å². The van der Waals surface area contributed by atoms with E-state index in [-0.39, 0.29) is 29.0 Å². The number of benzene rings is 1. The maximum atomic E-state index is 13.6. The summed E-state index contributed by atoms with van der Waals surface area (Å²) in [4.78, 5) is 11.8. The van der Waals surface area contributed by atoms with Gasteiger partial charge in [0.2, 0.25) is 0 Å². The molecule has 2 rings (SSSR count). The minimum absolute atomic E-state index is 0. The van der Waals surface area contributed by atoms with Gasteiger partial charge in [0.25, 0.3) is 5.91 Å². The molecular weight excluding hydrogens is 346 g/mol. The van der Waals surface area contributed by atoms with E-state index in [0.29, 0.717) is 4.47 Å². The van der Waals surface area contributed by atoms with Gasteiger partial charge in [-0.2, -0.15) is 0 Å². The van der Waals surface area contributed by atoms with Crippen molar-refractivity contribution >= 4 is 45.8 Å². The van der Waals surface area contributed by atoms with Gasteiger partial charge in [-0.05, 0) is 41.0 Å². The molecule has 1 saturated heterocycles. The molecule has 1 fully saturated rings. The molecule has 3 nitrogen and oxygen atoms in total. The molecule has 1 aliphatic rings. The summed E-state index contributed by atoms with van der Waals surface area (Å²) in [6.07, 6.45) is 0.863. The Morgan fingerprint density at radius 3 is 2.89 bits per heavy atom. The van der Waals surface area contributed by atoms with Crippen LogP contribution in [-0.4, -0.2) is 25.0 Å². The van der Waals surface area contributed by atoms with Gasteiger partial charge < -0.3 is 10.6 Å². The number of amides is 1. The van der Waals surface area contributed by atoms with E-state index in [0.717, 1.165) is 25.6 Å². The smallest absolute Gasteiger partial charge is 0.254 e. The van der Waals surface area contributed by atoms with Crippen LogP contribution < -0.4 is 10.6 Å². The Hall–Kier alpha value is -0.360. The number of nitrogens with one attached hydrogen (secondary N) is 2. The maximum absolute atomic E-state index is 13.6. The third kappa shape index (κ3) is 3.57. The van der Waals surface area contributed by atoms with Gasteiger partial charge in [0.1, 0.15) is 5.82 Å². The van der Waals surface area contributed by atoms with Crippen LogP contribution in [0.25, 0.3) is 0 Å². The molecule has 0 bridgehead atoms. The third-order valence-corrected chi connectivity index (χ3v) is 3.85. The Balaban J connectivity index is 0.00000162. The molecule has 1 heterocycles. The third-order valence-electron chi connectivity index (χ3n) is 2.65. The molecule has 7 heteroatoms. The zero-order chi connectivity index (χ0) is 12.4. The fourth-order valence-electron chi connectivity index (χ4n) is 1.74. The highest BCUT2D eigenvalue weighted by atomic mass is 79.9. The lowest BCUT2D eigenvalue weighted by Gasteiger charge is -2.12. The molecule has 0 radical (unpaired) electrons. The van der Waals surface area contributed by atoms with Crippen LogP contribution in [0.1, 0.15) is 16.8 Å². The second kappa shape index (κ2) is 6.70. The number of halogens is 4. The predicted molar refractivity (Wildman–Crippen MR) is 75.1 cm³/mol. The second-order valence-electron chi connectivity index (χ2n) is 3.91. The van der Waals surface area contributed by atoms with Crippen LogP contribution in [0.4, 0.5) is 4.39 Å². The van der Waals surface area contributed by atoms with Crippen molar-refractivity contribution in [2.24, 2.45) is 0 Å². The molecule has 1 aliphatic heterocycles. The van der Waals surface area contributed by atoms with Crippen molar-refractivity contribution in [2.75, 3.05) is 13.1 Å². The quantitative estimate of drug-likeness (QED) is 0.799. The van der Waals surface area contributed by atoms with Crippen LogP contribution in [0, 0.1) is 5.82 Å². The standard InChI is InChI=1S/C11H11BrClFN2O.ClH/c12-8-3-7(10(14)4-9(8)13)11(17)16-6-1-2-15-5-6;/h3-4,6,15H,1-2,5H2,(H,16,17);1H. The minimum atomic E-state index is -0.610. The van der Waals surface area contributed by atoms with E-state index in [1.165, 1.54) is 6.07 Å². The van der Waals surface area contributed by atoms with Gasteiger partial charge in [0, 0.05) is 17.1 Å². The molecule has 18 heavy (non-hydrogen) atoms. The SMILES string of the molecule is Cl.O=C(NC1CCNC1)c1cc(Br)c(Cl)cc1F. The summed E-state index contributed by atoms with van der Waals surface area (Å²) < 4.78 is 14.1. The van der Waals surface area contributed by atoms with Crippen LogP contribution in [0.2, 0.25) is 5.02 Å². The molecule has 1 aromatic rings. The summed E-state index contributed by atoms with van der Waals surface area (Å²) in [6, 6.07) is 2.60. The Labute approximate surface area is 124 Å². The molecule has 100 valence electrons.